The number of aryl methyl sites for hydroxylation is 4. The lowest BCUT2D eigenvalue weighted by atomic mass is 10.2. The molecule has 0 atom stereocenters. The Labute approximate surface area is 201 Å². The second-order valence-corrected chi connectivity index (χ2v) is 9.07. The number of carbonyl (C=O) groups excluding carboxylic acids is 1. The van der Waals surface area contributed by atoms with Crippen LogP contribution in [-0.2, 0) is 5.75 Å². The quantitative estimate of drug-likeness (QED) is 0.291. The number of hydrogen-bond acceptors (Lipinski definition) is 6. The van der Waals surface area contributed by atoms with Crippen molar-refractivity contribution in [2.45, 2.75) is 38.6 Å². The summed E-state index contributed by atoms with van der Waals surface area (Å²) < 4.78 is 1.65. The lowest BCUT2D eigenvalue weighted by molar-refractivity contribution is 0.102. The highest BCUT2D eigenvalue weighted by atomic mass is 35.5. The van der Waals surface area contributed by atoms with Gasteiger partial charge in [0.15, 0.2) is 10.9 Å². The Morgan fingerprint density at radius 3 is 2.42 bits per heavy atom. The Balaban J connectivity index is 1.71. The van der Waals surface area contributed by atoms with Crippen LogP contribution in [0.25, 0.3) is 5.69 Å². The summed E-state index contributed by atoms with van der Waals surface area (Å²) in [5.41, 5.74) is 6.02. The van der Waals surface area contributed by atoms with E-state index in [-0.39, 0.29) is 11.6 Å². The van der Waals surface area contributed by atoms with E-state index in [1.165, 1.54) is 11.8 Å². The molecule has 2 aromatic carbocycles. The SMILES string of the molecule is Cc1cc(C)nc(SCc2c(C(=O)Nc3ccccc3C)nnn2-c2ccc(C)c(Cl)c2)n1. The van der Waals surface area contributed by atoms with Gasteiger partial charge in [0, 0.05) is 27.9 Å². The van der Waals surface area contributed by atoms with E-state index in [0.717, 1.165) is 33.9 Å². The minimum absolute atomic E-state index is 0.242. The Morgan fingerprint density at radius 1 is 1.00 bits per heavy atom. The topological polar surface area (TPSA) is 85.6 Å². The van der Waals surface area contributed by atoms with Crippen LogP contribution < -0.4 is 5.32 Å². The second-order valence-electron chi connectivity index (χ2n) is 7.72. The fourth-order valence-corrected chi connectivity index (χ4v) is 4.43. The number of halogens is 1. The van der Waals surface area contributed by atoms with Crippen molar-refractivity contribution in [3.63, 3.8) is 0 Å². The lowest BCUT2D eigenvalue weighted by Gasteiger charge is -2.10. The van der Waals surface area contributed by atoms with Crippen molar-refractivity contribution in [2.24, 2.45) is 0 Å². The molecule has 1 amide bonds. The monoisotopic (exact) mass is 478 g/mol. The minimum Gasteiger partial charge on any atom is -0.320 e. The average Bonchev–Trinajstić information content (AvgIpc) is 3.19. The summed E-state index contributed by atoms with van der Waals surface area (Å²) in [6, 6.07) is 15.2. The van der Waals surface area contributed by atoms with Crippen molar-refractivity contribution in [1.82, 2.24) is 25.0 Å². The van der Waals surface area contributed by atoms with Gasteiger partial charge in [-0.3, -0.25) is 4.79 Å². The third kappa shape index (κ3) is 5.23. The van der Waals surface area contributed by atoms with Crippen molar-refractivity contribution in [3.05, 3.63) is 87.5 Å². The normalized spacial score (nSPS) is 10.9. The Hall–Kier alpha value is -3.23. The van der Waals surface area contributed by atoms with Gasteiger partial charge in [-0.15, -0.1) is 5.10 Å². The number of amides is 1. The molecular weight excluding hydrogens is 456 g/mol. The van der Waals surface area contributed by atoms with Crippen LogP contribution in [0.1, 0.15) is 38.7 Å². The molecule has 0 radical (unpaired) electrons. The van der Waals surface area contributed by atoms with Crippen LogP contribution >= 0.6 is 23.4 Å². The maximum absolute atomic E-state index is 13.2. The Bertz CT molecular complexity index is 1320. The summed E-state index contributed by atoms with van der Waals surface area (Å²) in [6.45, 7) is 7.73. The van der Waals surface area contributed by atoms with Crippen molar-refractivity contribution < 1.29 is 4.79 Å². The average molecular weight is 479 g/mol. The molecule has 0 fully saturated rings. The summed E-state index contributed by atoms with van der Waals surface area (Å²) in [4.78, 5) is 22.2. The maximum atomic E-state index is 13.2. The number of nitrogens with zero attached hydrogens (tertiary/aromatic N) is 5. The zero-order chi connectivity index (χ0) is 23.5. The van der Waals surface area contributed by atoms with Gasteiger partial charge in [-0.25, -0.2) is 14.6 Å². The number of rotatable bonds is 6. The maximum Gasteiger partial charge on any atom is 0.278 e. The van der Waals surface area contributed by atoms with Crippen molar-refractivity contribution >= 4 is 35.0 Å². The highest BCUT2D eigenvalue weighted by Gasteiger charge is 2.22. The van der Waals surface area contributed by atoms with Crippen LogP contribution in [0.2, 0.25) is 5.02 Å². The number of carbonyl (C=O) groups is 1. The van der Waals surface area contributed by atoms with Crippen LogP contribution in [0, 0.1) is 27.7 Å². The summed E-state index contributed by atoms with van der Waals surface area (Å²) in [5, 5.41) is 12.7. The molecule has 4 rings (SSSR count). The van der Waals surface area contributed by atoms with E-state index >= 15 is 0 Å². The second kappa shape index (κ2) is 9.72. The molecule has 0 aliphatic rings. The lowest BCUT2D eigenvalue weighted by Crippen LogP contribution is -2.16. The van der Waals surface area contributed by atoms with Gasteiger partial charge in [0.1, 0.15) is 0 Å². The number of thioether (sulfide) groups is 1. The van der Waals surface area contributed by atoms with Crippen LogP contribution in [0.4, 0.5) is 5.69 Å². The molecule has 1 N–H and O–H groups in total. The van der Waals surface area contributed by atoms with E-state index in [0.29, 0.717) is 21.6 Å². The number of benzene rings is 2. The Kier molecular flexibility index (Phi) is 6.76. The van der Waals surface area contributed by atoms with Crippen LogP contribution in [0.15, 0.2) is 53.7 Å². The third-order valence-electron chi connectivity index (χ3n) is 5.07. The first-order valence-corrected chi connectivity index (χ1v) is 11.7. The molecule has 2 aromatic heterocycles. The van der Waals surface area contributed by atoms with Crippen LogP contribution in [-0.4, -0.2) is 30.9 Å². The summed E-state index contributed by atoms with van der Waals surface area (Å²) in [6.07, 6.45) is 0. The summed E-state index contributed by atoms with van der Waals surface area (Å²) >= 11 is 7.78. The number of para-hydroxylation sites is 1. The molecule has 7 nitrogen and oxygen atoms in total. The zero-order valence-corrected chi connectivity index (χ0v) is 20.3. The molecule has 0 unspecified atom stereocenters. The first kappa shape index (κ1) is 22.9. The smallest absolute Gasteiger partial charge is 0.278 e. The van der Waals surface area contributed by atoms with Crippen molar-refractivity contribution in [3.8, 4) is 5.69 Å². The van der Waals surface area contributed by atoms with Gasteiger partial charge < -0.3 is 5.32 Å². The molecule has 9 heteroatoms. The van der Waals surface area contributed by atoms with Crippen molar-refractivity contribution in [2.75, 3.05) is 5.32 Å². The van der Waals surface area contributed by atoms with Gasteiger partial charge >= 0.3 is 0 Å². The number of nitrogens with one attached hydrogen (secondary N) is 1. The molecule has 0 bridgehead atoms. The van der Waals surface area contributed by atoms with E-state index in [2.05, 4.69) is 25.6 Å². The van der Waals surface area contributed by atoms with E-state index in [4.69, 9.17) is 11.6 Å². The predicted octanol–water partition coefficient (Wildman–Crippen LogP) is 5.49. The standard InChI is InChI=1S/C24H23ClN6OS/c1-14-9-10-18(12-19(14)25)31-21(13-33-24-26-16(3)11-17(4)27-24)22(29-30-31)23(32)28-20-8-6-5-7-15(20)2/h5-12H,13H2,1-4H3,(H,28,32). The van der Waals surface area contributed by atoms with E-state index in [1.54, 1.807) is 4.68 Å². The minimum atomic E-state index is -0.328. The Morgan fingerprint density at radius 2 is 1.73 bits per heavy atom. The zero-order valence-electron chi connectivity index (χ0n) is 18.8. The van der Waals surface area contributed by atoms with Crippen LogP contribution in [0.5, 0.6) is 0 Å². The molecule has 168 valence electrons. The molecule has 33 heavy (non-hydrogen) atoms. The molecule has 4 aromatic rings. The van der Waals surface area contributed by atoms with E-state index < -0.39 is 0 Å². The van der Waals surface area contributed by atoms with Gasteiger partial charge in [0.25, 0.3) is 5.91 Å². The van der Waals surface area contributed by atoms with Gasteiger partial charge in [0.05, 0.1) is 11.4 Å². The molecule has 0 saturated carbocycles. The molecule has 0 aliphatic heterocycles. The fraction of sp³-hybridized carbons (Fsp3) is 0.208. The van der Waals surface area contributed by atoms with Gasteiger partial charge in [-0.2, -0.15) is 0 Å². The largest absolute Gasteiger partial charge is 0.320 e. The highest BCUT2D eigenvalue weighted by molar-refractivity contribution is 7.98. The van der Waals surface area contributed by atoms with Gasteiger partial charge in [-0.1, -0.05) is 52.8 Å². The van der Waals surface area contributed by atoms with E-state index in [9.17, 15) is 4.79 Å². The molecule has 0 aliphatic carbocycles. The molecule has 0 saturated heterocycles. The fourth-order valence-electron chi connectivity index (χ4n) is 3.31. The van der Waals surface area contributed by atoms with Crippen molar-refractivity contribution in [1.29, 1.82) is 0 Å². The van der Waals surface area contributed by atoms with Gasteiger partial charge in [0.2, 0.25) is 0 Å². The first-order chi connectivity index (χ1) is 15.8. The first-order valence-electron chi connectivity index (χ1n) is 10.3. The third-order valence-corrected chi connectivity index (χ3v) is 6.34. The van der Waals surface area contributed by atoms with Crippen LogP contribution in [0.3, 0.4) is 0 Å². The molecule has 2 heterocycles. The summed E-state index contributed by atoms with van der Waals surface area (Å²) in [5.74, 6) is 0.0727. The molecular formula is C24H23ClN6OS. The predicted molar refractivity (Wildman–Crippen MR) is 131 cm³/mol. The van der Waals surface area contributed by atoms with Gasteiger partial charge in [-0.05, 0) is 63.1 Å². The number of hydrogen-bond donors (Lipinski definition) is 1. The summed E-state index contributed by atoms with van der Waals surface area (Å²) in [7, 11) is 0. The molecule has 0 spiro atoms. The van der Waals surface area contributed by atoms with E-state index in [1.807, 2.05) is 76.2 Å². The number of aromatic nitrogens is 5. The number of anilines is 1. The highest BCUT2D eigenvalue weighted by Crippen LogP contribution is 2.26.